The van der Waals surface area contributed by atoms with E-state index in [1.54, 1.807) is 0 Å². The molecular formula is C110H82BBr2N3O2. The second kappa shape index (κ2) is 32.1. The van der Waals surface area contributed by atoms with Crippen molar-refractivity contribution in [3.05, 3.63) is 434 Å². The number of hydrogen-bond acceptors (Lipinski definition) is 5. The highest BCUT2D eigenvalue weighted by molar-refractivity contribution is 9.11. The number of rotatable bonds is 15. The Labute approximate surface area is 707 Å². The maximum absolute atomic E-state index is 6.26. The van der Waals surface area contributed by atoms with Crippen LogP contribution in [0.4, 0.5) is 51.2 Å². The van der Waals surface area contributed by atoms with Crippen LogP contribution in [0.25, 0.3) is 120 Å². The molecule has 20 aromatic carbocycles. The van der Waals surface area contributed by atoms with Crippen LogP contribution in [0.3, 0.4) is 0 Å². The average molecular weight is 1650 g/mol. The minimum absolute atomic E-state index is 0.360. The molecule has 0 saturated carbocycles. The van der Waals surface area contributed by atoms with Gasteiger partial charge in [-0.3, -0.25) is 0 Å². The van der Waals surface area contributed by atoms with Crippen molar-refractivity contribution in [2.75, 3.05) is 14.7 Å². The molecule has 0 radical (unpaired) electrons. The van der Waals surface area contributed by atoms with Crippen molar-refractivity contribution in [1.82, 2.24) is 0 Å². The van der Waals surface area contributed by atoms with Gasteiger partial charge in [-0.2, -0.15) is 0 Å². The lowest BCUT2D eigenvalue weighted by molar-refractivity contribution is 0.00578. The SMILES string of the molecule is Brc1ccc2ccc3c(Br)ccc4ccc1c2c43.CC1(C)OB(c2ccc(N(c3ccccc3)c3ccccc3-c3ccccc3)cc2)OC1(C)C.c1ccc(-c2ccccc2N(c2ccccc2)c2ccc(-c3ccc4ccc5c(-c6ccc(N(c7ccccc7)c7ccccc7-c7ccccc7)cc6)ccc6ccc3c4c65)cc2)cc1. The predicted molar refractivity (Wildman–Crippen MR) is 509 cm³/mol. The molecular weight excluding hydrogens is 1570 g/mol. The summed E-state index contributed by atoms with van der Waals surface area (Å²) in [5, 5.41) is 15.5. The first-order valence-electron chi connectivity index (χ1n) is 40.3. The number of nitrogens with zero attached hydrogens (tertiary/aromatic N) is 3. The third-order valence-corrected chi connectivity index (χ3v) is 24.9. The Bertz CT molecular complexity index is 6600. The van der Waals surface area contributed by atoms with Crippen molar-refractivity contribution in [3.63, 3.8) is 0 Å². The van der Waals surface area contributed by atoms with Crippen LogP contribution in [0.1, 0.15) is 27.7 Å². The molecule has 1 aliphatic heterocycles. The third-order valence-electron chi connectivity index (χ3n) is 23.5. The first-order chi connectivity index (χ1) is 57.9. The molecule has 0 unspecified atom stereocenters. The molecule has 0 N–H and O–H groups in total. The highest BCUT2D eigenvalue weighted by Crippen LogP contribution is 2.49. The largest absolute Gasteiger partial charge is 0.494 e. The maximum atomic E-state index is 6.26. The highest BCUT2D eigenvalue weighted by Gasteiger charge is 2.51. The molecule has 0 atom stereocenters. The maximum Gasteiger partial charge on any atom is 0.494 e. The fourth-order valence-corrected chi connectivity index (χ4v) is 17.9. The van der Waals surface area contributed by atoms with Crippen LogP contribution in [0.5, 0.6) is 0 Å². The van der Waals surface area contributed by atoms with E-state index in [9.17, 15) is 0 Å². The molecule has 0 aliphatic carbocycles. The van der Waals surface area contributed by atoms with Gasteiger partial charge in [0.15, 0.2) is 0 Å². The van der Waals surface area contributed by atoms with Crippen molar-refractivity contribution in [2.24, 2.45) is 0 Å². The van der Waals surface area contributed by atoms with E-state index in [4.69, 9.17) is 9.31 Å². The smallest absolute Gasteiger partial charge is 0.399 e. The summed E-state index contributed by atoms with van der Waals surface area (Å²) < 4.78 is 14.8. The number of anilines is 9. The Balaban J connectivity index is 0.000000146. The molecule has 566 valence electrons. The van der Waals surface area contributed by atoms with Crippen molar-refractivity contribution >= 4 is 160 Å². The fraction of sp³-hybridized carbons (Fsp3) is 0.0545. The second-order valence-electron chi connectivity index (χ2n) is 31.1. The number of halogens is 2. The van der Waals surface area contributed by atoms with Gasteiger partial charge in [0, 0.05) is 59.8 Å². The fourth-order valence-electron chi connectivity index (χ4n) is 17.0. The molecule has 5 nitrogen and oxygen atoms in total. The quantitative estimate of drug-likeness (QED) is 0.0753. The topological polar surface area (TPSA) is 28.2 Å². The molecule has 1 saturated heterocycles. The molecule has 1 heterocycles. The molecule has 0 spiro atoms. The Hall–Kier alpha value is -13.2. The third kappa shape index (κ3) is 14.3. The van der Waals surface area contributed by atoms with E-state index in [0.29, 0.717) is 0 Å². The summed E-state index contributed by atoms with van der Waals surface area (Å²) in [4.78, 5) is 7.04. The lowest BCUT2D eigenvalue weighted by Crippen LogP contribution is -2.41. The summed E-state index contributed by atoms with van der Waals surface area (Å²) in [5.41, 5.74) is 22.3. The van der Waals surface area contributed by atoms with Gasteiger partial charge in [-0.05, 0) is 240 Å². The molecule has 0 aromatic heterocycles. The first-order valence-corrected chi connectivity index (χ1v) is 41.8. The Kier molecular flexibility index (Phi) is 20.4. The lowest BCUT2D eigenvalue weighted by Gasteiger charge is -2.32. The van der Waals surface area contributed by atoms with Gasteiger partial charge >= 0.3 is 7.12 Å². The van der Waals surface area contributed by atoms with Gasteiger partial charge in [-0.15, -0.1) is 0 Å². The van der Waals surface area contributed by atoms with Gasteiger partial charge in [-0.25, -0.2) is 0 Å². The van der Waals surface area contributed by atoms with Crippen molar-refractivity contribution in [1.29, 1.82) is 0 Å². The van der Waals surface area contributed by atoms with E-state index < -0.39 is 0 Å². The molecule has 0 amide bonds. The standard InChI is InChI=1S/C64H44N2.C30H30BNO2.C16H8Br2/c1-5-17-45(18-6-1)57-25-13-15-27-61(57)65(51-21-9-3-10-22-51)53-37-29-47(30-38-53)55-41-33-49-36-44-60-56(42-34-50-35-43-59(55)63(49)64(50)60)48-31-39-54(40-32-48)66(52-23-11-4-12-24-52)62-28-16-14-26-58(62)46-19-7-2-8-20-46;1-29(2)30(3,4)34-31(33-29)24-19-21-26(22-20-24)32(25-15-9-6-10-16-25)28-18-12-11-17-27(28)23-13-7-5-8-14-23;17-13-8-4-10-2-6-12-14(18)7-3-9-1-5-11(13)16(10)15(9)12/h1-44H;5-22H,1-4H3;1-8H. The van der Waals surface area contributed by atoms with Crippen LogP contribution in [-0.2, 0) is 9.31 Å². The summed E-state index contributed by atoms with van der Waals surface area (Å²) >= 11 is 7.30. The Morgan fingerprint density at radius 1 is 0.212 bits per heavy atom. The molecule has 1 fully saturated rings. The normalized spacial score (nSPS) is 12.9. The molecule has 20 aromatic rings. The van der Waals surface area contributed by atoms with Crippen LogP contribution in [0.2, 0.25) is 0 Å². The zero-order chi connectivity index (χ0) is 79.9. The van der Waals surface area contributed by atoms with Crippen molar-refractivity contribution < 1.29 is 9.31 Å². The van der Waals surface area contributed by atoms with Gasteiger partial charge in [0.25, 0.3) is 0 Å². The van der Waals surface area contributed by atoms with E-state index >= 15 is 0 Å². The number of hydrogen-bond donors (Lipinski definition) is 0. The summed E-state index contributed by atoms with van der Waals surface area (Å²) in [6.07, 6.45) is 0. The minimum atomic E-state index is -0.374. The molecule has 0 bridgehead atoms. The molecule has 1 aliphatic rings. The Morgan fingerprint density at radius 3 is 0.771 bits per heavy atom. The van der Waals surface area contributed by atoms with Gasteiger partial charge in [0.1, 0.15) is 0 Å². The number of para-hydroxylation sites is 6. The van der Waals surface area contributed by atoms with Crippen LogP contribution in [0.15, 0.2) is 434 Å². The van der Waals surface area contributed by atoms with E-state index in [1.165, 1.54) is 120 Å². The highest BCUT2D eigenvalue weighted by atomic mass is 79.9. The molecule has 21 rings (SSSR count). The van der Waals surface area contributed by atoms with Gasteiger partial charge in [0.2, 0.25) is 0 Å². The van der Waals surface area contributed by atoms with Gasteiger partial charge < -0.3 is 24.0 Å². The van der Waals surface area contributed by atoms with Crippen molar-refractivity contribution in [2.45, 2.75) is 38.9 Å². The van der Waals surface area contributed by atoms with E-state index in [2.05, 4.69) is 493 Å². The Morgan fingerprint density at radius 2 is 0.449 bits per heavy atom. The van der Waals surface area contributed by atoms with Crippen LogP contribution >= 0.6 is 31.9 Å². The summed E-state index contributed by atoms with van der Waals surface area (Å²) in [7, 11) is -0.374. The molecule has 8 heteroatoms. The second-order valence-corrected chi connectivity index (χ2v) is 32.8. The average Bonchev–Trinajstić information content (AvgIpc) is 0.979. The first kappa shape index (κ1) is 74.9. The zero-order valence-corrected chi connectivity index (χ0v) is 69.1. The van der Waals surface area contributed by atoms with Crippen LogP contribution in [0, 0.1) is 0 Å². The van der Waals surface area contributed by atoms with E-state index in [0.717, 1.165) is 65.6 Å². The predicted octanol–water partition coefficient (Wildman–Crippen LogP) is 31.4. The van der Waals surface area contributed by atoms with Crippen LogP contribution in [-0.4, -0.2) is 18.3 Å². The van der Waals surface area contributed by atoms with Crippen molar-refractivity contribution in [3.8, 4) is 55.6 Å². The van der Waals surface area contributed by atoms with Gasteiger partial charge in [0.05, 0.1) is 28.3 Å². The summed E-state index contributed by atoms with van der Waals surface area (Å²) in [6, 6.07) is 152. The summed E-state index contributed by atoms with van der Waals surface area (Å²) in [5.74, 6) is 0. The summed E-state index contributed by atoms with van der Waals surface area (Å²) in [6.45, 7) is 8.33. The lowest BCUT2D eigenvalue weighted by atomic mass is 9.79. The monoisotopic (exact) mass is 1650 g/mol. The zero-order valence-electron chi connectivity index (χ0n) is 65.9. The van der Waals surface area contributed by atoms with Gasteiger partial charge in [-0.1, -0.05) is 353 Å². The number of benzene rings is 20. The van der Waals surface area contributed by atoms with Crippen LogP contribution < -0.4 is 20.2 Å². The van der Waals surface area contributed by atoms with E-state index in [1.807, 2.05) is 6.07 Å². The van der Waals surface area contributed by atoms with E-state index in [-0.39, 0.29) is 18.3 Å². The minimum Gasteiger partial charge on any atom is -0.399 e. The molecule has 118 heavy (non-hydrogen) atoms.